The fraction of sp³-hybridized carbons (Fsp3) is 0.412. The van der Waals surface area contributed by atoms with E-state index in [0.29, 0.717) is 11.7 Å². The second-order valence-electron chi connectivity index (χ2n) is 6.04. The highest BCUT2D eigenvalue weighted by Crippen LogP contribution is 2.33. The maximum Gasteiger partial charge on any atom is 0.258 e. The molecule has 0 atom stereocenters. The predicted molar refractivity (Wildman–Crippen MR) is 91.9 cm³/mol. The number of aromatic nitrogens is 2. The minimum atomic E-state index is -3.46. The molecular weight excluding hydrogens is 326 g/mol. The number of hydrogen-bond acceptors (Lipinski definition) is 4. The standard InChI is InChI=1S/C17H21N3O3S/c1-2-24(22,23)15-10-6-5-9-13(15)17(21)18-16-11-14(19-20-16)12-7-3-4-8-12/h5-6,9-12H,2-4,7-8H2,1H3,(H2,18,19,20,21). The van der Waals surface area contributed by atoms with Gasteiger partial charge in [-0.1, -0.05) is 31.9 Å². The van der Waals surface area contributed by atoms with Gasteiger partial charge in [0.1, 0.15) is 0 Å². The zero-order valence-corrected chi connectivity index (χ0v) is 14.4. The molecule has 0 bridgehead atoms. The van der Waals surface area contributed by atoms with Gasteiger partial charge in [0.05, 0.1) is 16.2 Å². The Kier molecular flexibility index (Phi) is 4.71. The maximum atomic E-state index is 12.5. The number of hydrogen-bond donors (Lipinski definition) is 2. The van der Waals surface area contributed by atoms with Gasteiger partial charge in [0.25, 0.3) is 5.91 Å². The summed E-state index contributed by atoms with van der Waals surface area (Å²) >= 11 is 0. The van der Waals surface area contributed by atoms with Gasteiger partial charge in [0.2, 0.25) is 0 Å². The number of aromatic amines is 1. The molecule has 0 radical (unpaired) electrons. The monoisotopic (exact) mass is 347 g/mol. The molecule has 1 aromatic heterocycles. The molecule has 1 aliphatic carbocycles. The molecule has 1 aliphatic rings. The lowest BCUT2D eigenvalue weighted by Gasteiger charge is -2.08. The summed E-state index contributed by atoms with van der Waals surface area (Å²) in [4.78, 5) is 12.6. The Labute approximate surface area is 141 Å². The summed E-state index contributed by atoms with van der Waals surface area (Å²) in [5.74, 6) is 0.375. The van der Waals surface area contributed by atoms with Crippen molar-refractivity contribution in [2.75, 3.05) is 11.1 Å². The minimum Gasteiger partial charge on any atom is -0.305 e. The number of carbonyl (C=O) groups is 1. The number of carbonyl (C=O) groups excluding carboxylic acids is 1. The van der Waals surface area contributed by atoms with Crippen LogP contribution in [0.2, 0.25) is 0 Å². The molecule has 1 aromatic carbocycles. The van der Waals surface area contributed by atoms with Crippen LogP contribution in [0.4, 0.5) is 5.82 Å². The van der Waals surface area contributed by atoms with E-state index in [-0.39, 0.29) is 16.2 Å². The van der Waals surface area contributed by atoms with Crippen molar-refractivity contribution in [2.45, 2.75) is 43.4 Å². The number of H-pyrrole nitrogens is 1. The van der Waals surface area contributed by atoms with Crippen molar-refractivity contribution >= 4 is 21.6 Å². The first-order chi connectivity index (χ1) is 11.5. The van der Waals surface area contributed by atoms with E-state index >= 15 is 0 Å². The van der Waals surface area contributed by atoms with Gasteiger partial charge in [-0.05, 0) is 25.0 Å². The largest absolute Gasteiger partial charge is 0.305 e. The third kappa shape index (κ3) is 3.36. The zero-order valence-electron chi connectivity index (χ0n) is 13.6. The summed E-state index contributed by atoms with van der Waals surface area (Å²) in [6.07, 6.45) is 4.70. The van der Waals surface area contributed by atoms with Gasteiger partial charge in [-0.15, -0.1) is 0 Å². The van der Waals surface area contributed by atoms with Crippen LogP contribution in [0.15, 0.2) is 35.2 Å². The fourth-order valence-electron chi connectivity index (χ4n) is 3.11. The SMILES string of the molecule is CCS(=O)(=O)c1ccccc1C(=O)Nc1cc(C2CCCC2)[nH]n1. The first kappa shape index (κ1) is 16.7. The predicted octanol–water partition coefficient (Wildman–Crippen LogP) is 3.11. The van der Waals surface area contributed by atoms with Crippen molar-refractivity contribution in [3.63, 3.8) is 0 Å². The fourth-order valence-corrected chi connectivity index (χ4v) is 4.20. The topological polar surface area (TPSA) is 91.9 Å². The highest BCUT2D eigenvalue weighted by molar-refractivity contribution is 7.91. The highest BCUT2D eigenvalue weighted by atomic mass is 32.2. The van der Waals surface area contributed by atoms with E-state index in [1.807, 2.05) is 6.07 Å². The molecule has 1 saturated carbocycles. The summed E-state index contributed by atoms with van der Waals surface area (Å²) in [6.45, 7) is 1.56. The molecule has 0 spiro atoms. The molecule has 0 aliphatic heterocycles. The summed E-state index contributed by atoms with van der Waals surface area (Å²) in [5, 5.41) is 9.80. The number of benzene rings is 1. The van der Waals surface area contributed by atoms with Crippen LogP contribution in [0.25, 0.3) is 0 Å². The van der Waals surface area contributed by atoms with Crippen molar-refractivity contribution in [2.24, 2.45) is 0 Å². The number of sulfone groups is 1. The van der Waals surface area contributed by atoms with Gasteiger partial charge < -0.3 is 5.32 Å². The Hall–Kier alpha value is -2.15. The Bertz CT molecular complexity index is 836. The number of rotatable bonds is 5. The van der Waals surface area contributed by atoms with E-state index in [0.717, 1.165) is 18.5 Å². The van der Waals surface area contributed by atoms with Gasteiger partial charge in [-0.2, -0.15) is 5.10 Å². The van der Waals surface area contributed by atoms with Crippen LogP contribution in [0.3, 0.4) is 0 Å². The third-order valence-corrected chi connectivity index (χ3v) is 6.27. The number of nitrogens with one attached hydrogen (secondary N) is 2. The molecule has 3 rings (SSSR count). The Morgan fingerprint density at radius 3 is 2.71 bits per heavy atom. The van der Waals surface area contributed by atoms with Crippen molar-refractivity contribution in [3.8, 4) is 0 Å². The first-order valence-corrected chi connectivity index (χ1v) is 9.85. The van der Waals surface area contributed by atoms with Gasteiger partial charge in [-0.3, -0.25) is 9.89 Å². The van der Waals surface area contributed by atoms with Crippen LogP contribution in [0.1, 0.15) is 54.6 Å². The van der Waals surface area contributed by atoms with Gasteiger partial charge in [0, 0.05) is 17.7 Å². The van der Waals surface area contributed by atoms with E-state index in [4.69, 9.17) is 0 Å². The van der Waals surface area contributed by atoms with E-state index in [2.05, 4.69) is 15.5 Å². The number of amides is 1. The van der Waals surface area contributed by atoms with Crippen LogP contribution in [-0.4, -0.2) is 30.3 Å². The smallest absolute Gasteiger partial charge is 0.258 e. The first-order valence-electron chi connectivity index (χ1n) is 8.19. The van der Waals surface area contributed by atoms with Crippen LogP contribution in [0, 0.1) is 0 Å². The van der Waals surface area contributed by atoms with E-state index in [1.54, 1.807) is 19.1 Å². The zero-order chi connectivity index (χ0) is 17.2. The van der Waals surface area contributed by atoms with Gasteiger partial charge in [0.15, 0.2) is 15.7 Å². The van der Waals surface area contributed by atoms with E-state index < -0.39 is 15.7 Å². The average Bonchev–Trinajstić information content (AvgIpc) is 3.26. The van der Waals surface area contributed by atoms with Crippen LogP contribution >= 0.6 is 0 Å². The lowest BCUT2D eigenvalue weighted by atomic mass is 10.0. The summed E-state index contributed by atoms with van der Waals surface area (Å²) in [5.41, 5.74) is 1.17. The van der Waals surface area contributed by atoms with Crippen molar-refractivity contribution in [3.05, 3.63) is 41.6 Å². The molecular formula is C17H21N3O3S. The van der Waals surface area contributed by atoms with Crippen LogP contribution in [-0.2, 0) is 9.84 Å². The second kappa shape index (κ2) is 6.76. The average molecular weight is 347 g/mol. The lowest BCUT2D eigenvalue weighted by molar-refractivity contribution is 0.102. The molecule has 0 unspecified atom stereocenters. The molecule has 24 heavy (non-hydrogen) atoms. The highest BCUT2D eigenvalue weighted by Gasteiger charge is 2.22. The van der Waals surface area contributed by atoms with Crippen molar-refractivity contribution in [1.29, 1.82) is 0 Å². The Morgan fingerprint density at radius 1 is 1.29 bits per heavy atom. The minimum absolute atomic E-state index is 0.0501. The second-order valence-corrected chi connectivity index (χ2v) is 8.29. The Balaban J connectivity index is 1.81. The normalized spacial score (nSPS) is 15.5. The van der Waals surface area contributed by atoms with Crippen molar-refractivity contribution in [1.82, 2.24) is 10.2 Å². The molecule has 1 fully saturated rings. The Morgan fingerprint density at radius 2 is 2.00 bits per heavy atom. The summed E-state index contributed by atoms with van der Waals surface area (Å²) in [6, 6.07) is 8.08. The number of anilines is 1. The van der Waals surface area contributed by atoms with Crippen molar-refractivity contribution < 1.29 is 13.2 Å². The number of nitrogens with zero attached hydrogens (tertiary/aromatic N) is 1. The summed E-state index contributed by atoms with van der Waals surface area (Å²) < 4.78 is 24.3. The molecule has 1 amide bonds. The molecule has 2 N–H and O–H groups in total. The summed E-state index contributed by atoms with van der Waals surface area (Å²) in [7, 11) is -3.46. The third-order valence-electron chi connectivity index (χ3n) is 4.48. The maximum absolute atomic E-state index is 12.5. The van der Waals surface area contributed by atoms with E-state index in [1.165, 1.54) is 25.0 Å². The molecule has 7 heteroatoms. The van der Waals surface area contributed by atoms with Gasteiger partial charge in [-0.25, -0.2) is 8.42 Å². The lowest BCUT2D eigenvalue weighted by Crippen LogP contribution is -2.17. The van der Waals surface area contributed by atoms with Crippen LogP contribution in [0.5, 0.6) is 0 Å². The molecule has 2 aromatic rings. The van der Waals surface area contributed by atoms with E-state index in [9.17, 15) is 13.2 Å². The molecule has 128 valence electrons. The van der Waals surface area contributed by atoms with Gasteiger partial charge >= 0.3 is 0 Å². The molecule has 0 saturated heterocycles. The molecule has 1 heterocycles. The molecule has 6 nitrogen and oxygen atoms in total. The van der Waals surface area contributed by atoms with Crippen LogP contribution < -0.4 is 5.32 Å². The quantitative estimate of drug-likeness (QED) is 0.869.